The first-order valence-corrected chi connectivity index (χ1v) is 12.7. The van der Waals surface area contributed by atoms with E-state index in [1.54, 1.807) is 17.5 Å². The number of carbonyl (C=O) groups is 2. The zero-order valence-electron chi connectivity index (χ0n) is 21.2. The molecule has 4 aromatic heterocycles. The second kappa shape index (κ2) is 13.1. The van der Waals surface area contributed by atoms with Gasteiger partial charge >= 0.3 is 24.3 Å². The average Bonchev–Trinajstić information content (AvgIpc) is 3.64. The number of carboxylic acid groups (broad SMARTS) is 2. The molecule has 41 heavy (non-hydrogen) atoms. The van der Waals surface area contributed by atoms with Crippen LogP contribution in [0, 0.1) is 6.92 Å². The van der Waals surface area contributed by atoms with Gasteiger partial charge < -0.3 is 14.6 Å². The number of aryl methyl sites for hydroxylation is 1. The van der Waals surface area contributed by atoms with Crippen molar-refractivity contribution >= 4 is 28.8 Å². The smallest absolute Gasteiger partial charge is 0.475 e. The molecular formula is C25H23F6N5O4S. The quantitative estimate of drug-likeness (QED) is 0.283. The van der Waals surface area contributed by atoms with Gasteiger partial charge in [0.15, 0.2) is 0 Å². The van der Waals surface area contributed by atoms with Crippen LogP contribution in [-0.4, -0.2) is 65.3 Å². The van der Waals surface area contributed by atoms with E-state index in [1.807, 2.05) is 24.1 Å². The molecule has 0 radical (unpaired) electrons. The lowest BCUT2D eigenvalue weighted by molar-refractivity contribution is -0.193. The van der Waals surface area contributed by atoms with Gasteiger partial charge in [-0.15, -0.1) is 11.3 Å². The average molecular weight is 604 g/mol. The molecule has 0 saturated carbocycles. The summed E-state index contributed by atoms with van der Waals surface area (Å²) in [5, 5.41) is 14.2. The van der Waals surface area contributed by atoms with Crippen molar-refractivity contribution in [2.75, 3.05) is 6.54 Å². The minimum atomic E-state index is -5.08. The van der Waals surface area contributed by atoms with Gasteiger partial charge in [-0.3, -0.25) is 9.88 Å². The Morgan fingerprint density at radius 2 is 1.68 bits per heavy atom. The number of hydrogen-bond donors (Lipinski definition) is 2. The van der Waals surface area contributed by atoms with E-state index in [0.29, 0.717) is 6.04 Å². The first-order valence-electron chi connectivity index (χ1n) is 11.8. The van der Waals surface area contributed by atoms with Crippen molar-refractivity contribution < 1.29 is 46.1 Å². The minimum absolute atomic E-state index is 0.376. The Balaban J connectivity index is 0.000000276. The number of fused-ring (bicyclic) bond motifs is 1. The normalized spacial score (nSPS) is 15.5. The number of rotatable bonds is 4. The highest BCUT2D eigenvalue weighted by Crippen LogP contribution is 2.35. The molecule has 1 unspecified atom stereocenters. The van der Waals surface area contributed by atoms with Crippen LogP contribution in [0.15, 0.2) is 54.7 Å². The second-order valence-corrected chi connectivity index (χ2v) is 9.62. The lowest BCUT2D eigenvalue weighted by atomic mass is 10.1. The summed E-state index contributed by atoms with van der Waals surface area (Å²) in [7, 11) is 0. The highest BCUT2D eigenvalue weighted by atomic mass is 32.1. The van der Waals surface area contributed by atoms with Crippen LogP contribution in [0.4, 0.5) is 26.3 Å². The monoisotopic (exact) mass is 603 g/mol. The summed E-state index contributed by atoms with van der Waals surface area (Å²) in [6.07, 6.45) is 0.00458. The van der Waals surface area contributed by atoms with E-state index in [0.717, 1.165) is 36.3 Å². The topological polar surface area (TPSA) is 121 Å². The van der Waals surface area contributed by atoms with Crippen LogP contribution in [0.3, 0.4) is 0 Å². The molecule has 1 aliphatic heterocycles. The largest absolute Gasteiger partial charge is 0.490 e. The Bertz CT molecular complexity index is 1450. The number of carboxylic acids is 2. The van der Waals surface area contributed by atoms with E-state index in [1.165, 1.54) is 22.5 Å². The number of aromatic nitrogens is 4. The Hall–Kier alpha value is -4.05. The summed E-state index contributed by atoms with van der Waals surface area (Å²) < 4.78 is 65.6. The number of halogens is 6. The number of thiazole rings is 1. The maximum absolute atomic E-state index is 10.6. The van der Waals surface area contributed by atoms with E-state index >= 15 is 0 Å². The molecule has 4 aromatic rings. The van der Waals surface area contributed by atoms with Crippen LogP contribution >= 0.6 is 11.3 Å². The molecule has 9 nitrogen and oxygen atoms in total. The molecule has 1 atom stereocenters. The molecule has 1 aliphatic rings. The molecule has 2 N–H and O–H groups in total. The standard InChI is InChI=1S/C21H21N5S.2C2HF3O2/c1-15-20(27-14-24-15)12-25-9-3-5-18(25)21-19-7-6-17(11-26(19)13-23-21)16-4-2-8-22-10-16;2*3-2(4,5)1(6)7/h2,4,6-8,10-11,13-14,18H,3,5,9,12H2,1H3;2*(H,6,7). The van der Waals surface area contributed by atoms with Gasteiger partial charge in [0.05, 0.1) is 34.8 Å². The number of hydrogen-bond acceptors (Lipinski definition) is 7. The van der Waals surface area contributed by atoms with Crippen LogP contribution in [0.25, 0.3) is 16.6 Å². The first-order chi connectivity index (χ1) is 19.2. The molecule has 16 heteroatoms. The van der Waals surface area contributed by atoms with Crippen molar-refractivity contribution in [3.05, 3.63) is 71.0 Å². The van der Waals surface area contributed by atoms with Crippen LogP contribution in [0.1, 0.15) is 35.1 Å². The summed E-state index contributed by atoms with van der Waals surface area (Å²) in [5.41, 5.74) is 7.76. The molecule has 1 fully saturated rings. The Kier molecular flexibility index (Phi) is 10.0. The predicted octanol–water partition coefficient (Wildman–Crippen LogP) is 5.76. The second-order valence-electron chi connectivity index (χ2n) is 8.68. The molecule has 0 aliphatic carbocycles. The third-order valence-electron chi connectivity index (χ3n) is 5.91. The van der Waals surface area contributed by atoms with Crippen LogP contribution in [0.5, 0.6) is 0 Å². The highest BCUT2D eigenvalue weighted by molar-refractivity contribution is 7.09. The van der Waals surface area contributed by atoms with Gasteiger partial charge in [0, 0.05) is 35.6 Å². The number of imidazole rings is 1. The summed E-state index contributed by atoms with van der Waals surface area (Å²) in [6, 6.07) is 8.79. The van der Waals surface area contributed by atoms with Gasteiger partial charge in [-0.25, -0.2) is 19.6 Å². The number of pyridine rings is 2. The fourth-order valence-corrected chi connectivity index (χ4v) is 4.77. The predicted molar refractivity (Wildman–Crippen MR) is 135 cm³/mol. The highest BCUT2D eigenvalue weighted by Gasteiger charge is 2.39. The van der Waals surface area contributed by atoms with Gasteiger partial charge in [-0.2, -0.15) is 26.3 Å². The van der Waals surface area contributed by atoms with Gasteiger partial charge in [0.1, 0.15) is 0 Å². The number of nitrogens with zero attached hydrogens (tertiary/aromatic N) is 5. The fraction of sp³-hybridized carbons (Fsp3) is 0.320. The maximum atomic E-state index is 10.6. The molecule has 1 saturated heterocycles. The van der Waals surface area contributed by atoms with Crippen molar-refractivity contribution in [2.24, 2.45) is 0 Å². The zero-order chi connectivity index (χ0) is 30.4. The molecule has 0 aromatic carbocycles. The van der Waals surface area contributed by atoms with E-state index in [9.17, 15) is 26.3 Å². The van der Waals surface area contributed by atoms with Gasteiger partial charge in [0.2, 0.25) is 0 Å². The van der Waals surface area contributed by atoms with Crippen LogP contribution in [0.2, 0.25) is 0 Å². The SMILES string of the molecule is Cc1ncsc1CN1CCCC1c1ncn2cc(-c3cccnc3)ccc12.O=C(O)C(F)(F)F.O=C(O)C(F)(F)F. The molecule has 0 bridgehead atoms. The number of alkyl halides is 6. The fourth-order valence-electron chi connectivity index (χ4n) is 3.97. The Morgan fingerprint density at radius 3 is 2.22 bits per heavy atom. The summed E-state index contributed by atoms with van der Waals surface area (Å²) >= 11 is 1.75. The van der Waals surface area contributed by atoms with Gasteiger partial charge in [-0.1, -0.05) is 12.1 Å². The van der Waals surface area contributed by atoms with Crippen LogP contribution in [-0.2, 0) is 16.1 Å². The number of likely N-dealkylation sites (tertiary alicyclic amines) is 1. The van der Waals surface area contributed by atoms with Crippen molar-refractivity contribution in [3.8, 4) is 11.1 Å². The first kappa shape index (κ1) is 31.5. The molecule has 220 valence electrons. The summed E-state index contributed by atoms with van der Waals surface area (Å²) in [4.78, 5) is 35.1. The van der Waals surface area contributed by atoms with Crippen LogP contribution < -0.4 is 0 Å². The molecule has 5 heterocycles. The van der Waals surface area contributed by atoms with Crippen molar-refractivity contribution in [1.82, 2.24) is 24.3 Å². The maximum Gasteiger partial charge on any atom is 0.490 e. The summed E-state index contributed by atoms with van der Waals surface area (Å²) in [6.45, 7) is 4.19. The van der Waals surface area contributed by atoms with Crippen molar-refractivity contribution in [1.29, 1.82) is 0 Å². The Labute approximate surface area is 232 Å². The van der Waals surface area contributed by atoms with E-state index in [4.69, 9.17) is 24.8 Å². The number of aliphatic carboxylic acids is 2. The van der Waals surface area contributed by atoms with Gasteiger partial charge in [0.25, 0.3) is 0 Å². The van der Waals surface area contributed by atoms with E-state index in [2.05, 4.69) is 50.6 Å². The lowest BCUT2D eigenvalue weighted by Crippen LogP contribution is -2.23. The third kappa shape index (κ3) is 8.47. The minimum Gasteiger partial charge on any atom is -0.475 e. The molecule has 0 amide bonds. The molecule has 5 rings (SSSR count). The van der Waals surface area contributed by atoms with Crippen molar-refractivity contribution in [2.45, 2.75) is 44.7 Å². The zero-order valence-corrected chi connectivity index (χ0v) is 22.0. The lowest BCUT2D eigenvalue weighted by Gasteiger charge is -2.23. The van der Waals surface area contributed by atoms with E-state index in [-0.39, 0.29) is 0 Å². The summed E-state index contributed by atoms with van der Waals surface area (Å²) in [5.74, 6) is -5.51. The molecule has 0 spiro atoms. The molecular weight excluding hydrogens is 580 g/mol. The third-order valence-corrected chi connectivity index (χ3v) is 6.83. The van der Waals surface area contributed by atoms with E-state index < -0.39 is 24.3 Å². The van der Waals surface area contributed by atoms with Gasteiger partial charge in [-0.05, 0) is 44.0 Å². The Morgan fingerprint density at radius 1 is 1.02 bits per heavy atom. The van der Waals surface area contributed by atoms with Crippen molar-refractivity contribution in [3.63, 3.8) is 0 Å².